The number of fused-ring (bicyclic) bond motifs is 2. The van der Waals surface area contributed by atoms with Crippen molar-refractivity contribution in [1.29, 1.82) is 0 Å². The van der Waals surface area contributed by atoms with Crippen LogP contribution in [0.1, 0.15) is 19.3 Å². The second-order valence-electron chi connectivity index (χ2n) is 4.52. The number of carbonyl (C=O) groups excluding carboxylic acids is 1. The Morgan fingerprint density at radius 2 is 2.33 bits per heavy atom. The van der Waals surface area contributed by atoms with Crippen LogP contribution in [0.15, 0.2) is 12.7 Å². The Morgan fingerprint density at radius 1 is 1.53 bits per heavy atom. The molecule has 0 heterocycles. The van der Waals surface area contributed by atoms with E-state index in [-0.39, 0.29) is 12.0 Å². The summed E-state index contributed by atoms with van der Waals surface area (Å²) >= 11 is 0. The van der Waals surface area contributed by atoms with Gasteiger partial charge in [0.2, 0.25) is 0 Å². The topological polar surface area (TPSA) is 35.5 Å². The van der Waals surface area contributed by atoms with Crippen molar-refractivity contribution >= 4 is 5.78 Å². The summed E-state index contributed by atoms with van der Waals surface area (Å²) in [5, 5.41) is 0. The van der Waals surface area contributed by atoms with Gasteiger partial charge in [-0.3, -0.25) is 4.79 Å². The molecule has 84 valence electrons. The van der Waals surface area contributed by atoms with Gasteiger partial charge in [-0.1, -0.05) is 6.08 Å². The van der Waals surface area contributed by atoms with Gasteiger partial charge in [0.1, 0.15) is 12.6 Å². The number of Topliss-reactive ketones (excluding diaryl/α,β-unsaturated/α-hetero) is 1. The molecule has 2 saturated carbocycles. The van der Waals surface area contributed by atoms with Gasteiger partial charge >= 0.3 is 0 Å². The summed E-state index contributed by atoms with van der Waals surface area (Å²) in [7, 11) is 1.61. The van der Waals surface area contributed by atoms with Gasteiger partial charge < -0.3 is 9.47 Å². The van der Waals surface area contributed by atoms with Crippen molar-refractivity contribution in [3.8, 4) is 0 Å². The van der Waals surface area contributed by atoms with E-state index in [1.807, 2.05) is 6.08 Å². The SMILES string of the molecule is C=C[C@H]1CC(=O)[C@H]2C[C@@H]1C[C@H]2OCOC. The number of hydrogen-bond acceptors (Lipinski definition) is 3. The first-order chi connectivity index (χ1) is 7.26. The number of carbonyl (C=O) groups is 1. The lowest BCUT2D eigenvalue weighted by Gasteiger charge is -2.25. The van der Waals surface area contributed by atoms with Crippen LogP contribution in [-0.4, -0.2) is 25.8 Å². The molecule has 15 heavy (non-hydrogen) atoms. The first-order valence-corrected chi connectivity index (χ1v) is 5.52. The van der Waals surface area contributed by atoms with Crippen LogP contribution < -0.4 is 0 Å². The van der Waals surface area contributed by atoms with E-state index in [1.54, 1.807) is 7.11 Å². The van der Waals surface area contributed by atoms with Crippen LogP contribution in [-0.2, 0) is 14.3 Å². The van der Waals surface area contributed by atoms with E-state index in [0.717, 1.165) is 12.8 Å². The number of ketones is 1. The standard InChI is InChI=1S/C12H18O3/c1-3-8-5-11(13)10-4-9(8)6-12(10)15-7-14-2/h3,8-10,12H,1,4-7H2,2H3/t8-,9+,10+,12+/m0/s1. The first kappa shape index (κ1) is 10.8. The molecule has 0 spiro atoms. The second kappa shape index (κ2) is 4.45. The van der Waals surface area contributed by atoms with Crippen LogP contribution in [0, 0.1) is 17.8 Å². The van der Waals surface area contributed by atoms with Crippen LogP contribution in [0.3, 0.4) is 0 Å². The zero-order valence-electron chi connectivity index (χ0n) is 9.15. The highest BCUT2D eigenvalue weighted by Crippen LogP contribution is 2.45. The van der Waals surface area contributed by atoms with Crippen LogP contribution in [0.4, 0.5) is 0 Å². The Hall–Kier alpha value is -0.670. The van der Waals surface area contributed by atoms with Crippen LogP contribution in [0.5, 0.6) is 0 Å². The maximum absolute atomic E-state index is 11.8. The molecule has 2 rings (SSSR count). The van der Waals surface area contributed by atoms with Gasteiger partial charge in [-0.05, 0) is 24.7 Å². The van der Waals surface area contributed by atoms with Crippen molar-refractivity contribution in [2.45, 2.75) is 25.4 Å². The summed E-state index contributed by atoms with van der Waals surface area (Å²) < 4.78 is 10.4. The molecular formula is C12H18O3. The molecule has 0 saturated heterocycles. The summed E-state index contributed by atoms with van der Waals surface area (Å²) in [6.45, 7) is 4.10. The lowest BCUT2D eigenvalue weighted by Crippen LogP contribution is -2.29. The number of methoxy groups -OCH3 is 1. The maximum atomic E-state index is 11.8. The van der Waals surface area contributed by atoms with Crippen LogP contribution >= 0.6 is 0 Å². The molecule has 2 aliphatic rings. The molecular weight excluding hydrogens is 192 g/mol. The molecule has 2 bridgehead atoms. The molecule has 0 unspecified atom stereocenters. The van der Waals surface area contributed by atoms with Gasteiger partial charge in [-0.15, -0.1) is 6.58 Å². The Kier molecular flexibility index (Phi) is 3.22. The molecule has 0 aromatic carbocycles. The minimum absolute atomic E-state index is 0.0763. The number of allylic oxidation sites excluding steroid dienone is 1. The number of hydrogen-bond donors (Lipinski definition) is 0. The molecule has 3 heteroatoms. The fourth-order valence-corrected chi connectivity index (χ4v) is 2.89. The highest BCUT2D eigenvalue weighted by Gasteiger charge is 2.46. The van der Waals surface area contributed by atoms with Gasteiger partial charge in [0.05, 0.1) is 6.10 Å². The van der Waals surface area contributed by atoms with Gasteiger partial charge in [0.25, 0.3) is 0 Å². The van der Waals surface area contributed by atoms with Crippen molar-refractivity contribution in [3.63, 3.8) is 0 Å². The first-order valence-electron chi connectivity index (χ1n) is 5.52. The van der Waals surface area contributed by atoms with Crippen molar-refractivity contribution in [2.75, 3.05) is 13.9 Å². The zero-order valence-corrected chi connectivity index (χ0v) is 9.15. The van der Waals surface area contributed by atoms with Crippen molar-refractivity contribution in [1.82, 2.24) is 0 Å². The predicted octanol–water partition coefficient (Wildman–Crippen LogP) is 1.78. The smallest absolute Gasteiger partial charge is 0.146 e. The average molecular weight is 210 g/mol. The third-order valence-corrected chi connectivity index (χ3v) is 3.70. The van der Waals surface area contributed by atoms with E-state index in [9.17, 15) is 4.79 Å². The second-order valence-corrected chi connectivity index (χ2v) is 4.52. The van der Waals surface area contributed by atoms with Crippen molar-refractivity contribution < 1.29 is 14.3 Å². The summed E-state index contributed by atoms with van der Waals surface area (Å²) in [6, 6.07) is 0. The van der Waals surface area contributed by atoms with Crippen molar-refractivity contribution in [2.24, 2.45) is 17.8 Å². The molecule has 0 N–H and O–H groups in total. The maximum Gasteiger partial charge on any atom is 0.146 e. The quantitative estimate of drug-likeness (QED) is 0.524. The highest BCUT2D eigenvalue weighted by molar-refractivity contribution is 5.83. The monoisotopic (exact) mass is 210 g/mol. The van der Waals surface area contributed by atoms with Gasteiger partial charge in [-0.25, -0.2) is 0 Å². The predicted molar refractivity (Wildman–Crippen MR) is 56.3 cm³/mol. The van der Waals surface area contributed by atoms with E-state index >= 15 is 0 Å². The van der Waals surface area contributed by atoms with E-state index in [0.29, 0.717) is 30.8 Å². The molecule has 4 atom stereocenters. The van der Waals surface area contributed by atoms with Gasteiger partial charge in [-0.2, -0.15) is 0 Å². The van der Waals surface area contributed by atoms with Gasteiger partial charge in [0.15, 0.2) is 0 Å². The Balaban J connectivity index is 2.02. The van der Waals surface area contributed by atoms with E-state index in [2.05, 4.69) is 6.58 Å². The molecule has 0 aromatic heterocycles. The fraction of sp³-hybridized carbons (Fsp3) is 0.750. The minimum Gasteiger partial charge on any atom is -0.359 e. The molecule has 0 radical (unpaired) electrons. The average Bonchev–Trinajstić information content (AvgIpc) is 2.61. The van der Waals surface area contributed by atoms with E-state index in [1.165, 1.54) is 0 Å². The third kappa shape index (κ3) is 1.99. The molecule has 0 aliphatic heterocycles. The van der Waals surface area contributed by atoms with Crippen molar-refractivity contribution in [3.05, 3.63) is 12.7 Å². The summed E-state index contributed by atoms with van der Waals surface area (Å²) in [5.74, 6) is 1.41. The van der Waals surface area contributed by atoms with Gasteiger partial charge in [0, 0.05) is 19.4 Å². The van der Waals surface area contributed by atoms with E-state index < -0.39 is 0 Å². The Morgan fingerprint density at radius 3 is 3.00 bits per heavy atom. The normalized spacial score (nSPS) is 39.4. The number of rotatable bonds is 4. The zero-order chi connectivity index (χ0) is 10.8. The fourth-order valence-electron chi connectivity index (χ4n) is 2.89. The molecule has 2 fully saturated rings. The summed E-state index contributed by atoms with van der Waals surface area (Å²) in [6.07, 6.45) is 4.62. The Bertz CT molecular complexity index is 262. The summed E-state index contributed by atoms with van der Waals surface area (Å²) in [5.41, 5.74) is 0. The third-order valence-electron chi connectivity index (χ3n) is 3.70. The number of ether oxygens (including phenoxy) is 2. The summed E-state index contributed by atoms with van der Waals surface area (Å²) in [4.78, 5) is 11.8. The molecule has 0 aromatic rings. The molecule has 2 aliphatic carbocycles. The van der Waals surface area contributed by atoms with Crippen LogP contribution in [0.25, 0.3) is 0 Å². The molecule has 3 nitrogen and oxygen atoms in total. The largest absolute Gasteiger partial charge is 0.359 e. The highest BCUT2D eigenvalue weighted by atomic mass is 16.7. The minimum atomic E-state index is 0.0763. The lowest BCUT2D eigenvalue weighted by atomic mass is 9.79. The molecule has 0 amide bonds. The Labute approximate surface area is 90.4 Å². The lowest BCUT2D eigenvalue weighted by molar-refractivity contribution is -0.132. The van der Waals surface area contributed by atoms with E-state index in [4.69, 9.17) is 9.47 Å². The van der Waals surface area contributed by atoms with Crippen LogP contribution in [0.2, 0.25) is 0 Å².